The van der Waals surface area contributed by atoms with Crippen LogP contribution >= 0.6 is 11.6 Å². The van der Waals surface area contributed by atoms with Crippen LogP contribution in [-0.2, 0) is 27.2 Å². The number of hydrogen-bond donors (Lipinski definition) is 1. The first-order chi connectivity index (χ1) is 22.4. The number of benzene rings is 2. The summed E-state index contributed by atoms with van der Waals surface area (Å²) in [6.45, 7) is 1.12. The molecule has 3 aromatic heterocycles. The van der Waals surface area contributed by atoms with Gasteiger partial charge in [-0.15, -0.1) is 0 Å². The number of hydrogen-bond acceptors (Lipinski definition) is 7. The predicted molar refractivity (Wildman–Crippen MR) is 174 cm³/mol. The molecule has 236 valence electrons. The summed E-state index contributed by atoms with van der Waals surface area (Å²) in [5.41, 5.74) is 4.50. The lowest BCUT2D eigenvalue weighted by Gasteiger charge is -2.23. The number of esters is 1. The number of rotatable bonds is 10. The summed E-state index contributed by atoms with van der Waals surface area (Å²) in [7, 11) is 1.31. The van der Waals surface area contributed by atoms with E-state index in [0.29, 0.717) is 35.9 Å². The first kappa shape index (κ1) is 31.2. The van der Waals surface area contributed by atoms with Gasteiger partial charge in [0.05, 0.1) is 42.9 Å². The van der Waals surface area contributed by atoms with E-state index in [1.807, 2.05) is 41.1 Å². The molecule has 5 aromatic rings. The van der Waals surface area contributed by atoms with Crippen LogP contribution in [0.2, 0.25) is 5.02 Å². The summed E-state index contributed by atoms with van der Waals surface area (Å²) >= 11 is 6.39. The van der Waals surface area contributed by atoms with Crippen LogP contribution in [0.5, 0.6) is 0 Å². The number of nitrogens with one attached hydrogen (secondary N) is 1. The van der Waals surface area contributed by atoms with Crippen LogP contribution in [0.4, 0.5) is 0 Å². The molecule has 2 unspecified atom stereocenters. The minimum absolute atomic E-state index is 0.0508. The standard InChI is InChI=1S/C35H34ClN5O5/c1-45-33(43)19-29(34-28-18-27(36)12-13-30(28)41(39-34)32-7-3-5-15-46-32)38-35(44)26-17-25(20-37-21-26)16-23-8-10-24(11-9-23)22-40-14-4-2-6-31(40)42/h2,4,6,8-14,17-18,20-21,29,32H,3,5,7,15-16,19,22H2,1H3,(H,38,44). The average Bonchev–Trinajstić information content (AvgIpc) is 3.45. The van der Waals surface area contributed by atoms with Gasteiger partial charge in [-0.1, -0.05) is 41.9 Å². The fraction of sp³-hybridized carbons (Fsp3) is 0.286. The zero-order valence-electron chi connectivity index (χ0n) is 25.4. The van der Waals surface area contributed by atoms with Crippen molar-refractivity contribution in [1.82, 2.24) is 24.6 Å². The molecule has 1 fully saturated rings. The second kappa shape index (κ2) is 14.1. The Morgan fingerprint density at radius 1 is 1.04 bits per heavy atom. The summed E-state index contributed by atoms with van der Waals surface area (Å²) in [4.78, 5) is 42.6. The van der Waals surface area contributed by atoms with Crippen molar-refractivity contribution in [2.24, 2.45) is 0 Å². The van der Waals surface area contributed by atoms with E-state index in [4.69, 9.17) is 26.2 Å². The number of ether oxygens (including phenoxy) is 2. The first-order valence-corrected chi connectivity index (χ1v) is 15.6. The third-order valence-corrected chi connectivity index (χ3v) is 8.33. The van der Waals surface area contributed by atoms with Gasteiger partial charge in [-0.3, -0.25) is 19.4 Å². The van der Waals surface area contributed by atoms with Crippen molar-refractivity contribution >= 4 is 34.4 Å². The molecule has 1 aliphatic rings. The summed E-state index contributed by atoms with van der Waals surface area (Å²) in [5.74, 6) is -0.887. The number of amides is 1. The van der Waals surface area contributed by atoms with E-state index >= 15 is 0 Å². The molecular formula is C35H34ClN5O5. The van der Waals surface area contributed by atoms with E-state index in [1.54, 1.807) is 47.3 Å². The zero-order chi connectivity index (χ0) is 32.0. The zero-order valence-corrected chi connectivity index (χ0v) is 26.2. The highest BCUT2D eigenvalue weighted by atomic mass is 35.5. The van der Waals surface area contributed by atoms with E-state index in [2.05, 4.69) is 10.3 Å². The van der Waals surface area contributed by atoms with Crippen LogP contribution < -0.4 is 10.9 Å². The van der Waals surface area contributed by atoms with Gasteiger partial charge in [0.15, 0.2) is 6.23 Å². The highest BCUT2D eigenvalue weighted by Crippen LogP contribution is 2.33. The minimum atomic E-state index is -0.793. The summed E-state index contributed by atoms with van der Waals surface area (Å²) in [5, 5.41) is 9.12. The molecule has 0 aliphatic carbocycles. The molecule has 4 heterocycles. The molecule has 1 amide bonds. The lowest BCUT2D eigenvalue weighted by molar-refractivity contribution is -0.141. The number of nitrogens with zero attached hydrogens (tertiary/aromatic N) is 4. The van der Waals surface area contributed by atoms with Crippen molar-refractivity contribution < 1.29 is 19.1 Å². The molecule has 0 radical (unpaired) electrons. The van der Waals surface area contributed by atoms with Crippen LogP contribution in [0, 0.1) is 0 Å². The Morgan fingerprint density at radius 2 is 1.87 bits per heavy atom. The van der Waals surface area contributed by atoms with Gasteiger partial charge in [-0.2, -0.15) is 5.10 Å². The van der Waals surface area contributed by atoms with E-state index in [-0.39, 0.29) is 18.2 Å². The molecule has 0 spiro atoms. The second-order valence-electron chi connectivity index (χ2n) is 11.4. The molecule has 1 N–H and O–H groups in total. The SMILES string of the molecule is COC(=O)CC(NC(=O)c1cncc(Cc2ccc(Cn3ccccc3=O)cc2)c1)c1nn(C2CCCCO2)c2ccc(Cl)cc12. The van der Waals surface area contributed by atoms with Gasteiger partial charge in [-0.05, 0) is 72.7 Å². The number of methoxy groups -OCH3 is 1. The lowest BCUT2D eigenvalue weighted by atomic mass is 10.0. The molecule has 11 heteroatoms. The second-order valence-corrected chi connectivity index (χ2v) is 11.8. The van der Waals surface area contributed by atoms with Crippen LogP contribution in [0.25, 0.3) is 10.9 Å². The number of halogens is 1. The Labute approximate surface area is 270 Å². The van der Waals surface area contributed by atoms with Crippen molar-refractivity contribution in [3.05, 3.63) is 129 Å². The Balaban J connectivity index is 1.22. The Morgan fingerprint density at radius 3 is 2.63 bits per heavy atom. The van der Waals surface area contributed by atoms with Crippen LogP contribution in [0.1, 0.15) is 70.7 Å². The number of carbonyl (C=O) groups is 2. The van der Waals surface area contributed by atoms with Crippen molar-refractivity contribution in [3.8, 4) is 0 Å². The van der Waals surface area contributed by atoms with Crippen LogP contribution in [0.15, 0.2) is 90.1 Å². The highest BCUT2D eigenvalue weighted by Gasteiger charge is 2.28. The summed E-state index contributed by atoms with van der Waals surface area (Å²) in [6.07, 6.45) is 7.98. The fourth-order valence-corrected chi connectivity index (χ4v) is 5.90. The van der Waals surface area contributed by atoms with Crippen molar-refractivity contribution in [2.45, 2.75) is 50.9 Å². The monoisotopic (exact) mass is 639 g/mol. The topological polar surface area (TPSA) is 117 Å². The highest BCUT2D eigenvalue weighted by molar-refractivity contribution is 6.31. The lowest BCUT2D eigenvalue weighted by Crippen LogP contribution is -2.31. The van der Waals surface area contributed by atoms with E-state index in [0.717, 1.165) is 46.9 Å². The maximum Gasteiger partial charge on any atom is 0.308 e. The number of aromatic nitrogens is 4. The van der Waals surface area contributed by atoms with E-state index < -0.39 is 17.9 Å². The van der Waals surface area contributed by atoms with Gasteiger partial charge >= 0.3 is 5.97 Å². The van der Waals surface area contributed by atoms with E-state index in [1.165, 1.54) is 13.3 Å². The van der Waals surface area contributed by atoms with Gasteiger partial charge in [0.1, 0.15) is 0 Å². The van der Waals surface area contributed by atoms with Gasteiger partial charge < -0.3 is 19.4 Å². The largest absolute Gasteiger partial charge is 0.469 e. The molecular weight excluding hydrogens is 606 g/mol. The molecule has 2 aromatic carbocycles. The normalized spacial score (nSPS) is 15.4. The van der Waals surface area contributed by atoms with Crippen LogP contribution in [-0.4, -0.2) is 44.9 Å². The minimum Gasteiger partial charge on any atom is -0.469 e. The van der Waals surface area contributed by atoms with Gasteiger partial charge in [0.25, 0.3) is 11.5 Å². The predicted octanol–water partition coefficient (Wildman–Crippen LogP) is 5.62. The molecule has 10 nitrogen and oxygen atoms in total. The summed E-state index contributed by atoms with van der Waals surface area (Å²) in [6, 6.07) is 19.5. The summed E-state index contributed by atoms with van der Waals surface area (Å²) < 4.78 is 14.5. The third kappa shape index (κ3) is 7.19. The molecule has 2 atom stereocenters. The molecule has 46 heavy (non-hydrogen) atoms. The Bertz CT molecular complexity index is 1910. The molecule has 0 bridgehead atoms. The van der Waals surface area contributed by atoms with Gasteiger partial charge in [0, 0.05) is 41.7 Å². The maximum absolute atomic E-state index is 13.6. The van der Waals surface area contributed by atoms with Crippen molar-refractivity contribution in [2.75, 3.05) is 13.7 Å². The smallest absolute Gasteiger partial charge is 0.308 e. The van der Waals surface area contributed by atoms with Crippen molar-refractivity contribution in [3.63, 3.8) is 0 Å². The quantitative estimate of drug-likeness (QED) is 0.197. The van der Waals surface area contributed by atoms with Crippen LogP contribution in [0.3, 0.4) is 0 Å². The number of pyridine rings is 2. The third-order valence-electron chi connectivity index (χ3n) is 8.10. The molecule has 0 saturated carbocycles. The Hall–Kier alpha value is -4.80. The molecule has 6 rings (SSSR count). The maximum atomic E-state index is 13.6. The van der Waals surface area contributed by atoms with Gasteiger partial charge in [-0.25, -0.2) is 4.68 Å². The van der Waals surface area contributed by atoms with E-state index in [9.17, 15) is 14.4 Å². The first-order valence-electron chi connectivity index (χ1n) is 15.2. The average molecular weight is 640 g/mol. The Kier molecular flexibility index (Phi) is 9.56. The number of carbonyl (C=O) groups excluding carboxylic acids is 2. The molecule has 1 saturated heterocycles. The molecule has 1 aliphatic heterocycles. The number of fused-ring (bicyclic) bond motifs is 1. The van der Waals surface area contributed by atoms with Crippen molar-refractivity contribution in [1.29, 1.82) is 0 Å². The van der Waals surface area contributed by atoms with Gasteiger partial charge in [0.2, 0.25) is 0 Å². The fourth-order valence-electron chi connectivity index (χ4n) is 5.73.